The second-order valence-corrected chi connectivity index (χ2v) is 11.6. The fraction of sp³-hybridized carbons (Fsp3) is 0.467. The summed E-state index contributed by atoms with van der Waals surface area (Å²) in [6, 6.07) is 13.3. The van der Waals surface area contributed by atoms with E-state index in [2.05, 4.69) is 70.3 Å². The lowest BCUT2D eigenvalue weighted by Crippen LogP contribution is -2.41. The normalized spacial score (nSPS) is 22.3. The van der Waals surface area contributed by atoms with Crippen LogP contribution in [-0.2, 0) is 10.8 Å². The summed E-state index contributed by atoms with van der Waals surface area (Å²) in [5.41, 5.74) is 5.77. The number of H-pyrrole nitrogens is 2. The van der Waals surface area contributed by atoms with Gasteiger partial charge in [0.2, 0.25) is 0 Å². The summed E-state index contributed by atoms with van der Waals surface area (Å²) >= 11 is 0. The number of nitrogens with one attached hydrogen (secondary N) is 2. The van der Waals surface area contributed by atoms with Gasteiger partial charge in [-0.15, -0.1) is 0 Å². The van der Waals surface area contributed by atoms with E-state index in [1.54, 1.807) is 0 Å². The van der Waals surface area contributed by atoms with Gasteiger partial charge in [0.05, 0.1) is 13.2 Å². The number of nitrogens with zero attached hydrogens (tertiary/aromatic N) is 2. The molecule has 0 unspecified atom stereocenters. The Morgan fingerprint density at radius 3 is 1.47 bits per heavy atom. The highest BCUT2D eigenvalue weighted by molar-refractivity contribution is 5.83. The Labute approximate surface area is 212 Å². The monoisotopic (exact) mass is 484 g/mol. The highest BCUT2D eigenvalue weighted by Crippen LogP contribution is 2.47. The van der Waals surface area contributed by atoms with E-state index in [0.717, 1.165) is 24.7 Å². The lowest BCUT2D eigenvalue weighted by Gasteiger charge is -2.36. The van der Waals surface area contributed by atoms with Crippen LogP contribution in [-0.4, -0.2) is 73.3 Å². The molecule has 8 rings (SSSR count). The Kier molecular flexibility index (Phi) is 5.12. The van der Waals surface area contributed by atoms with Crippen molar-refractivity contribution in [2.45, 2.75) is 36.5 Å². The molecule has 6 heterocycles. The largest absolute Gasteiger partial charge is 0.492 e. The van der Waals surface area contributed by atoms with Crippen molar-refractivity contribution >= 4 is 21.8 Å². The molecule has 2 fully saturated rings. The summed E-state index contributed by atoms with van der Waals surface area (Å²) in [7, 11) is 4.41. The number of rotatable bonds is 0. The number of likely N-dealkylation sites (tertiary alicyclic amines) is 2. The minimum absolute atomic E-state index is 0.271. The molecule has 4 aliphatic heterocycles. The van der Waals surface area contributed by atoms with E-state index in [9.17, 15) is 0 Å². The highest BCUT2D eigenvalue weighted by atomic mass is 16.5. The fourth-order valence-corrected chi connectivity index (χ4v) is 6.74. The topological polar surface area (TPSA) is 56.5 Å². The van der Waals surface area contributed by atoms with Crippen LogP contribution >= 0.6 is 0 Å². The van der Waals surface area contributed by atoms with Gasteiger partial charge in [0.25, 0.3) is 0 Å². The average Bonchev–Trinajstić information content (AvgIpc) is 3.68. The molecule has 0 radical (unpaired) electrons. The number of hydrogen-bond acceptors (Lipinski definition) is 4. The Morgan fingerprint density at radius 1 is 0.639 bits per heavy atom. The SMILES string of the molecule is CN1CCC2(CC1)COc1cc3[nH]ccc3cc12.CN1CCC2(CC1)COc1cc3[nH]ccc3cc12. The molecule has 2 N–H and O–H groups in total. The van der Waals surface area contributed by atoms with E-state index in [4.69, 9.17) is 9.47 Å². The van der Waals surface area contributed by atoms with Crippen LogP contribution in [0.2, 0.25) is 0 Å². The van der Waals surface area contributed by atoms with E-state index in [1.807, 2.05) is 12.4 Å². The summed E-state index contributed by atoms with van der Waals surface area (Å²) in [4.78, 5) is 11.3. The number of fused-ring (bicyclic) bond motifs is 6. The number of ether oxygens (including phenoxy) is 2. The van der Waals surface area contributed by atoms with Crippen LogP contribution in [0.25, 0.3) is 21.8 Å². The van der Waals surface area contributed by atoms with Crippen molar-refractivity contribution in [2.24, 2.45) is 0 Å². The lowest BCUT2D eigenvalue weighted by molar-refractivity contribution is 0.155. The van der Waals surface area contributed by atoms with Crippen LogP contribution < -0.4 is 9.47 Å². The molecule has 2 saturated heterocycles. The first kappa shape index (κ1) is 22.3. The van der Waals surface area contributed by atoms with E-state index in [0.29, 0.717) is 0 Å². The standard InChI is InChI=1S/2C15H18N2O/c2*1-17-6-3-15(4-7-17)10-18-14-9-13-11(2-5-16-13)8-12(14)15/h2*2,5,8-9,16H,3-4,6-7,10H2,1H3. The van der Waals surface area contributed by atoms with Crippen molar-refractivity contribution in [3.8, 4) is 11.5 Å². The van der Waals surface area contributed by atoms with Crippen LogP contribution in [0, 0.1) is 0 Å². The van der Waals surface area contributed by atoms with Crippen molar-refractivity contribution in [1.29, 1.82) is 0 Å². The van der Waals surface area contributed by atoms with Crippen molar-refractivity contribution in [1.82, 2.24) is 19.8 Å². The maximum absolute atomic E-state index is 5.97. The molecule has 2 spiro atoms. The number of piperidine rings is 2. The maximum Gasteiger partial charge on any atom is 0.125 e. The summed E-state index contributed by atoms with van der Waals surface area (Å²) in [6.07, 6.45) is 8.86. The predicted octanol–water partition coefficient (Wildman–Crippen LogP) is 5.05. The molecule has 0 bridgehead atoms. The van der Waals surface area contributed by atoms with Crippen LogP contribution in [0.3, 0.4) is 0 Å². The zero-order valence-electron chi connectivity index (χ0n) is 21.4. The molecule has 2 aromatic heterocycles. The Morgan fingerprint density at radius 2 is 1.06 bits per heavy atom. The molecule has 0 aliphatic carbocycles. The molecular formula is C30H36N4O2. The second kappa shape index (κ2) is 8.29. The first-order valence-corrected chi connectivity index (χ1v) is 13.4. The Bertz CT molecular complexity index is 1300. The van der Waals surface area contributed by atoms with Gasteiger partial charge in [-0.05, 0) is 101 Å². The summed E-state index contributed by atoms with van der Waals surface area (Å²) in [5.74, 6) is 2.18. The van der Waals surface area contributed by atoms with Crippen LogP contribution in [0.4, 0.5) is 0 Å². The van der Waals surface area contributed by atoms with Crippen LogP contribution in [0.15, 0.2) is 48.8 Å². The van der Waals surface area contributed by atoms with Crippen molar-refractivity contribution in [3.63, 3.8) is 0 Å². The Hall–Kier alpha value is -2.96. The number of aromatic amines is 2. The van der Waals surface area contributed by atoms with Gasteiger partial charge in [0.1, 0.15) is 11.5 Å². The molecule has 0 saturated carbocycles. The number of hydrogen-bond donors (Lipinski definition) is 2. The van der Waals surface area contributed by atoms with E-state index in [-0.39, 0.29) is 10.8 Å². The maximum atomic E-state index is 5.97. The highest BCUT2D eigenvalue weighted by Gasteiger charge is 2.43. The van der Waals surface area contributed by atoms with Gasteiger partial charge in [0, 0.05) is 57.5 Å². The van der Waals surface area contributed by atoms with Gasteiger partial charge in [-0.25, -0.2) is 0 Å². The molecule has 36 heavy (non-hydrogen) atoms. The minimum atomic E-state index is 0.271. The summed E-state index contributed by atoms with van der Waals surface area (Å²) in [6.45, 7) is 6.43. The molecule has 2 aromatic carbocycles. The quantitative estimate of drug-likeness (QED) is 0.367. The third kappa shape index (κ3) is 3.53. The van der Waals surface area contributed by atoms with Gasteiger partial charge in [-0.1, -0.05) is 0 Å². The second-order valence-electron chi connectivity index (χ2n) is 11.6. The minimum Gasteiger partial charge on any atom is -0.492 e. The smallest absolute Gasteiger partial charge is 0.125 e. The lowest BCUT2D eigenvalue weighted by atomic mass is 9.74. The zero-order valence-corrected chi connectivity index (χ0v) is 21.4. The third-order valence-electron chi connectivity index (χ3n) is 9.35. The number of benzene rings is 2. The third-order valence-corrected chi connectivity index (χ3v) is 9.35. The molecule has 0 amide bonds. The molecule has 4 aromatic rings. The molecular weight excluding hydrogens is 448 g/mol. The van der Waals surface area contributed by atoms with E-state index >= 15 is 0 Å². The van der Waals surface area contributed by atoms with E-state index < -0.39 is 0 Å². The predicted molar refractivity (Wildman–Crippen MR) is 144 cm³/mol. The molecule has 188 valence electrons. The van der Waals surface area contributed by atoms with Crippen molar-refractivity contribution < 1.29 is 9.47 Å². The molecule has 0 atom stereocenters. The molecule has 4 aliphatic rings. The van der Waals surface area contributed by atoms with Crippen molar-refractivity contribution in [3.05, 3.63) is 59.9 Å². The summed E-state index contributed by atoms with van der Waals surface area (Å²) in [5, 5.41) is 2.61. The van der Waals surface area contributed by atoms with Gasteiger partial charge in [0.15, 0.2) is 0 Å². The Balaban J connectivity index is 0.000000122. The fourth-order valence-electron chi connectivity index (χ4n) is 6.74. The first-order chi connectivity index (χ1) is 17.5. The number of aromatic nitrogens is 2. The average molecular weight is 485 g/mol. The van der Waals surface area contributed by atoms with E-state index in [1.165, 1.54) is 84.8 Å². The van der Waals surface area contributed by atoms with Gasteiger partial charge >= 0.3 is 0 Å². The molecule has 6 heteroatoms. The summed E-state index contributed by atoms with van der Waals surface area (Å²) < 4.78 is 11.9. The van der Waals surface area contributed by atoms with Crippen molar-refractivity contribution in [2.75, 3.05) is 53.5 Å². The first-order valence-electron chi connectivity index (χ1n) is 13.4. The zero-order chi connectivity index (χ0) is 24.3. The van der Waals surface area contributed by atoms with Gasteiger partial charge in [-0.2, -0.15) is 0 Å². The van der Waals surface area contributed by atoms with Gasteiger partial charge in [-0.3, -0.25) is 0 Å². The van der Waals surface area contributed by atoms with Crippen LogP contribution in [0.1, 0.15) is 36.8 Å². The van der Waals surface area contributed by atoms with Crippen LogP contribution in [0.5, 0.6) is 11.5 Å². The molecule has 6 nitrogen and oxygen atoms in total. The van der Waals surface area contributed by atoms with Gasteiger partial charge < -0.3 is 29.2 Å².